The summed E-state index contributed by atoms with van der Waals surface area (Å²) in [4.78, 5) is 0. The molecule has 0 amide bonds. The van der Waals surface area contributed by atoms with Crippen LogP contribution in [0.1, 0.15) is 23.6 Å². The first kappa shape index (κ1) is 15.3. The van der Waals surface area contributed by atoms with Gasteiger partial charge in [0.25, 0.3) is 0 Å². The Hall–Kier alpha value is -2.07. The molecule has 4 heteroatoms. The molecular weight excluding hydrogens is 271 g/mol. The van der Waals surface area contributed by atoms with Crippen molar-refractivity contribution >= 4 is 0 Å². The Bertz CT molecular complexity index is 650. The largest absolute Gasteiger partial charge is 0.497 e. The van der Waals surface area contributed by atoms with E-state index in [4.69, 9.17) is 9.47 Å². The van der Waals surface area contributed by atoms with Crippen LogP contribution in [0.25, 0.3) is 0 Å². The van der Waals surface area contributed by atoms with Gasteiger partial charge in [0.15, 0.2) is 0 Å². The number of halogens is 1. The number of benzene rings is 2. The van der Waals surface area contributed by atoms with E-state index in [1.165, 1.54) is 13.2 Å². The number of aliphatic hydroxyl groups is 1. The van der Waals surface area contributed by atoms with E-state index in [1.54, 1.807) is 44.4 Å². The van der Waals surface area contributed by atoms with Crippen LogP contribution < -0.4 is 9.47 Å². The van der Waals surface area contributed by atoms with Gasteiger partial charge in [-0.05, 0) is 49.2 Å². The van der Waals surface area contributed by atoms with Crippen LogP contribution in [0.2, 0.25) is 0 Å². The summed E-state index contributed by atoms with van der Waals surface area (Å²) in [5.41, 5.74) is 0.0321. The molecule has 0 spiro atoms. The molecule has 2 rings (SSSR count). The van der Waals surface area contributed by atoms with Crippen molar-refractivity contribution in [3.8, 4) is 11.5 Å². The molecule has 0 bridgehead atoms. The molecule has 0 heterocycles. The summed E-state index contributed by atoms with van der Waals surface area (Å²) in [6.07, 6.45) is 0. The van der Waals surface area contributed by atoms with Crippen LogP contribution in [0.5, 0.6) is 11.5 Å². The molecule has 3 nitrogen and oxygen atoms in total. The molecule has 2 aromatic rings. The van der Waals surface area contributed by atoms with Gasteiger partial charge in [0, 0.05) is 0 Å². The summed E-state index contributed by atoms with van der Waals surface area (Å²) < 4.78 is 24.6. The zero-order chi connectivity index (χ0) is 15.6. The summed E-state index contributed by atoms with van der Waals surface area (Å²) in [6.45, 7) is 3.41. The smallest absolute Gasteiger partial charge is 0.133 e. The molecule has 0 aliphatic carbocycles. The second kappa shape index (κ2) is 5.74. The molecule has 2 aromatic carbocycles. The molecule has 0 fully saturated rings. The summed E-state index contributed by atoms with van der Waals surface area (Å²) in [5.74, 6) is 0.498. The van der Waals surface area contributed by atoms with E-state index in [2.05, 4.69) is 0 Å². The molecule has 0 aliphatic heterocycles. The first-order valence-electron chi connectivity index (χ1n) is 6.62. The molecule has 1 N–H and O–H groups in total. The molecule has 0 aliphatic rings. The van der Waals surface area contributed by atoms with Crippen molar-refractivity contribution in [3.05, 3.63) is 58.9 Å². The van der Waals surface area contributed by atoms with Crippen LogP contribution in [0, 0.1) is 12.7 Å². The average Bonchev–Trinajstić information content (AvgIpc) is 2.46. The van der Waals surface area contributed by atoms with E-state index in [0.717, 1.165) is 5.56 Å². The van der Waals surface area contributed by atoms with E-state index in [9.17, 15) is 9.50 Å². The Morgan fingerprint density at radius 2 is 1.81 bits per heavy atom. The molecule has 0 saturated heterocycles. The third-order valence-corrected chi connectivity index (χ3v) is 3.64. The van der Waals surface area contributed by atoms with Crippen molar-refractivity contribution in [1.82, 2.24) is 0 Å². The third kappa shape index (κ3) is 2.72. The summed E-state index contributed by atoms with van der Waals surface area (Å²) >= 11 is 0. The van der Waals surface area contributed by atoms with Gasteiger partial charge < -0.3 is 14.6 Å². The van der Waals surface area contributed by atoms with E-state index >= 15 is 0 Å². The fourth-order valence-electron chi connectivity index (χ4n) is 2.59. The van der Waals surface area contributed by atoms with Crippen LogP contribution in [-0.2, 0) is 5.60 Å². The van der Waals surface area contributed by atoms with Crippen LogP contribution in [0.3, 0.4) is 0 Å². The fourth-order valence-corrected chi connectivity index (χ4v) is 2.59. The second-order valence-electron chi connectivity index (χ2n) is 5.07. The molecule has 112 valence electrons. The number of hydrogen-bond acceptors (Lipinski definition) is 3. The van der Waals surface area contributed by atoms with Gasteiger partial charge in [0.2, 0.25) is 0 Å². The van der Waals surface area contributed by atoms with Gasteiger partial charge in [-0.2, -0.15) is 0 Å². The van der Waals surface area contributed by atoms with Gasteiger partial charge in [-0.3, -0.25) is 0 Å². The third-order valence-electron chi connectivity index (χ3n) is 3.64. The molecule has 1 atom stereocenters. The maximum absolute atomic E-state index is 14.2. The molecular formula is C17H19FO3. The first-order valence-corrected chi connectivity index (χ1v) is 6.62. The highest BCUT2D eigenvalue weighted by molar-refractivity contribution is 5.48. The Morgan fingerprint density at radius 1 is 1.10 bits per heavy atom. The molecule has 0 saturated carbocycles. The lowest BCUT2D eigenvalue weighted by Crippen LogP contribution is -2.26. The van der Waals surface area contributed by atoms with Crippen molar-refractivity contribution in [3.63, 3.8) is 0 Å². The van der Waals surface area contributed by atoms with Crippen molar-refractivity contribution in [1.29, 1.82) is 0 Å². The van der Waals surface area contributed by atoms with Crippen molar-refractivity contribution in [2.24, 2.45) is 0 Å². The number of aryl methyl sites for hydroxylation is 1. The van der Waals surface area contributed by atoms with Gasteiger partial charge in [-0.15, -0.1) is 0 Å². The standard InChI is InChI=1S/C17H19FO3/c1-11-10-12(20-3)8-9-13(11)17(2,19)16-14(18)6-5-7-15(16)21-4/h5-10,19H,1-4H3. The Balaban J connectivity index is 2.62. The van der Waals surface area contributed by atoms with Gasteiger partial charge in [-0.25, -0.2) is 4.39 Å². The number of rotatable bonds is 4. The topological polar surface area (TPSA) is 38.7 Å². The molecule has 1 unspecified atom stereocenters. The minimum atomic E-state index is -1.51. The van der Waals surface area contributed by atoms with Gasteiger partial charge in [-0.1, -0.05) is 12.1 Å². The minimum Gasteiger partial charge on any atom is -0.497 e. The van der Waals surface area contributed by atoms with Crippen molar-refractivity contribution in [2.75, 3.05) is 14.2 Å². The lowest BCUT2D eigenvalue weighted by atomic mass is 9.84. The number of hydrogen-bond donors (Lipinski definition) is 1. The van der Waals surface area contributed by atoms with Gasteiger partial charge in [0.05, 0.1) is 19.8 Å². The maximum atomic E-state index is 14.2. The Labute approximate surface area is 124 Å². The fraction of sp³-hybridized carbons (Fsp3) is 0.294. The zero-order valence-corrected chi connectivity index (χ0v) is 12.6. The van der Waals surface area contributed by atoms with Crippen LogP contribution in [0.15, 0.2) is 36.4 Å². The molecule has 0 aromatic heterocycles. The highest BCUT2D eigenvalue weighted by Crippen LogP contribution is 2.39. The van der Waals surface area contributed by atoms with Crippen molar-refractivity contribution < 1.29 is 19.0 Å². The monoisotopic (exact) mass is 290 g/mol. The lowest BCUT2D eigenvalue weighted by Gasteiger charge is -2.28. The van der Waals surface area contributed by atoms with Crippen LogP contribution in [0.4, 0.5) is 4.39 Å². The molecule has 21 heavy (non-hydrogen) atoms. The summed E-state index contributed by atoms with van der Waals surface area (Å²) in [5, 5.41) is 10.9. The van der Waals surface area contributed by atoms with E-state index in [1.807, 2.05) is 6.92 Å². The van der Waals surface area contributed by atoms with Gasteiger partial charge >= 0.3 is 0 Å². The van der Waals surface area contributed by atoms with Crippen molar-refractivity contribution in [2.45, 2.75) is 19.4 Å². The second-order valence-corrected chi connectivity index (χ2v) is 5.07. The highest BCUT2D eigenvalue weighted by Gasteiger charge is 2.33. The SMILES string of the molecule is COc1ccc(C(C)(O)c2c(F)cccc2OC)c(C)c1. The predicted molar refractivity (Wildman–Crippen MR) is 79.4 cm³/mol. The quantitative estimate of drug-likeness (QED) is 0.938. The number of methoxy groups -OCH3 is 2. The Kier molecular flexibility index (Phi) is 4.19. The summed E-state index contributed by atoms with van der Waals surface area (Å²) in [7, 11) is 3.03. The highest BCUT2D eigenvalue weighted by atomic mass is 19.1. The normalized spacial score (nSPS) is 13.6. The van der Waals surface area contributed by atoms with Crippen LogP contribution in [-0.4, -0.2) is 19.3 Å². The lowest BCUT2D eigenvalue weighted by molar-refractivity contribution is 0.0938. The first-order chi connectivity index (χ1) is 9.91. The number of ether oxygens (including phenoxy) is 2. The van der Waals surface area contributed by atoms with E-state index < -0.39 is 11.4 Å². The maximum Gasteiger partial charge on any atom is 0.133 e. The predicted octanol–water partition coefficient (Wildman–Crippen LogP) is 3.41. The molecule has 0 radical (unpaired) electrons. The average molecular weight is 290 g/mol. The Morgan fingerprint density at radius 3 is 2.38 bits per heavy atom. The van der Waals surface area contributed by atoms with E-state index in [0.29, 0.717) is 17.1 Å². The minimum absolute atomic E-state index is 0.126. The van der Waals surface area contributed by atoms with E-state index in [-0.39, 0.29) is 5.56 Å². The van der Waals surface area contributed by atoms with Crippen LogP contribution >= 0.6 is 0 Å². The zero-order valence-electron chi connectivity index (χ0n) is 12.6. The summed E-state index contributed by atoms with van der Waals surface area (Å²) in [6, 6.07) is 9.77. The van der Waals surface area contributed by atoms with Gasteiger partial charge in [0.1, 0.15) is 22.9 Å².